The van der Waals surface area contributed by atoms with Crippen molar-refractivity contribution >= 4 is 34.4 Å². The number of nitrogens with zero attached hydrogens (tertiary/aromatic N) is 4. The van der Waals surface area contributed by atoms with Gasteiger partial charge in [0.05, 0.1) is 17.9 Å². The van der Waals surface area contributed by atoms with E-state index in [-0.39, 0.29) is 29.7 Å². The largest absolute Gasteiger partial charge is 0.326 e. The first-order valence-corrected chi connectivity index (χ1v) is 10.4. The second-order valence-corrected chi connectivity index (χ2v) is 8.05. The predicted molar refractivity (Wildman–Crippen MR) is 112 cm³/mol. The Labute approximate surface area is 178 Å². The van der Waals surface area contributed by atoms with Crippen LogP contribution >= 0.6 is 11.8 Å². The molecule has 0 spiro atoms. The van der Waals surface area contributed by atoms with E-state index in [1.54, 1.807) is 18.2 Å². The molecule has 10 heteroatoms. The molecule has 7 nitrogen and oxygen atoms in total. The number of anilines is 1. The van der Waals surface area contributed by atoms with Crippen LogP contribution in [0.25, 0.3) is 16.7 Å². The standard InChI is InChI=1S/C21H15F2N5O2S/c22-12-4-6-15(7-5-12)28-19-17(10-24-28)20(30)27-16(11-31-21(27)26-19)9-18(29)25-14-3-1-2-13(23)8-14/h1-8,10,16H,9,11H2,(H,25,29). The Morgan fingerprint density at radius 3 is 2.74 bits per heavy atom. The van der Waals surface area contributed by atoms with E-state index >= 15 is 0 Å². The fourth-order valence-corrected chi connectivity index (χ4v) is 4.67. The Morgan fingerprint density at radius 1 is 1.16 bits per heavy atom. The zero-order valence-corrected chi connectivity index (χ0v) is 16.8. The minimum absolute atomic E-state index is 0.0513. The Bertz CT molecular complexity index is 1370. The molecule has 1 aliphatic heterocycles. The molecule has 0 bridgehead atoms. The maximum Gasteiger partial charge on any atom is 0.265 e. The number of fused-ring (bicyclic) bond motifs is 2. The van der Waals surface area contributed by atoms with Crippen LogP contribution in [0, 0.1) is 11.6 Å². The molecule has 0 fully saturated rings. The summed E-state index contributed by atoms with van der Waals surface area (Å²) >= 11 is 1.38. The fraction of sp³-hybridized carbons (Fsp3) is 0.143. The molecule has 1 aliphatic rings. The molecule has 0 saturated carbocycles. The summed E-state index contributed by atoms with van der Waals surface area (Å²) in [5.74, 6) is -0.627. The highest BCUT2D eigenvalue weighted by Gasteiger charge is 2.29. The van der Waals surface area contributed by atoms with E-state index in [1.165, 1.54) is 57.5 Å². The molecule has 3 heterocycles. The number of halogens is 2. The van der Waals surface area contributed by atoms with Gasteiger partial charge in [-0.3, -0.25) is 14.2 Å². The number of hydrogen-bond donors (Lipinski definition) is 1. The van der Waals surface area contributed by atoms with Crippen LogP contribution < -0.4 is 10.9 Å². The van der Waals surface area contributed by atoms with E-state index < -0.39 is 5.82 Å². The average molecular weight is 439 g/mol. The Hall–Kier alpha value is -3.53. The minimum atomic E-state index is -0.444. The van der Waals surface area contributed by atoms with Crippen molar-refractivity contribution in [2.45, 2.75) is 17.6 Å². The zero-order valence-electron chi connectivity index (χ0n) is 16.0. The van der Waals surface area contributed by atoms with Crippen molar-refractivity contribution in [2.75, 3.05) is 11.1 Å². The Balaban J connectivity index is 1.44. The number of thioether (sulfide) groups is 1. The van der Waals surface area contributed by atoms with Gasteiger partial charge in [-0.1, -0.05) is 17.8 Å². The van der Waals surface area contributed by atoms with Gasteiger partial charge in [0, 0.05) is 17.9 Å². The zero-order chi connectivity index (χ0) is 21.5. The van der Waals surface area contributed by atoms with E-state index in [0.29, 0.717) is 33.3 Å². The predicted octanol–water partition coefficient (Wildman–Crippen LogP) is 3.54. The molecule has 0 aliphatic carbocycles. The summed E-state index contributed by atoms with van der Waals surface area (Å²) in [6.45, 7) is 0. The lowest BCUT2D eigenvalue weighted by Crippen LogP contribution is -2.27. The third-order valence-corrected chi connectivity index (χ3v) is 6.07. The quantitative estimate of drug-likeness (QED) is 0.492. The van der Waals surface area contributed by atoms with Crippen LogP contribution in [0.2, 0.25) is 0 Å². The lowest BCUT2D eigenvalue weighted by atomic mass is 10.2. The number of rotatable bonds is 4. The molecule has 156 valence electrons. The van der Waals surface area contributed by atoms with Crippen molar-refractivity contribution in [1.82, 2.24) is 19.3 Å². The summed E-state index contributed by atoms with van der Waals surface area (Å²) in [4.78, 5) is 30.2. The molecule has 2 aromatic heterocycles. The second kappa shape index (κ2) is 7.62. The number of carbonyl (C=O) groups is 1. The fourth-order valence-electron chi connectivity index (χ4n) is 3.54. The highest BCUT2D eigenvalue weighted by Crippen LogP contribution is 2.33. The first-order chi connectivity index (χ1) is 15.0. The van der Waals surface area contributed by atoms with Gasteiger partial charge in [0.2, 0.25) is 5.91 Å². The third kappa shape index (κ3) is 3.59. The Morgan fingerprint density at radius 2 is 1.97 bits per heavy atom. The van der Waals surface area contributed by atoms with Gasteiger partial charge in [0.1, 0.15) is 17.0 Å². The van der Waals surface area contributed by atoms with Crippen LogP contribution in [0.1, 0.15) is 12.5 Å². The lowest BCUT2D eigenvalue weighted by Gasteiger charge is -2.13. The number of amides is 1. The molecule has 1 amide bonds. The molecule has 31 heavy (non-hydrogen) atoms. The lowest BCUT2D eigenvalue weighted by molar-refractivity contribution is -0.116. The maximum atomic E-state index is 13.3. The summed E-state index contributed by atoms with van der Waals surface area (Å²) in [7, 11) is 0. The third-order valence-electron chi connectivity index (χ3n) is 4.97. The van der Waals surface area contributed by atoms with Crippen LogP contribution in [0.5, 0.6) is 0 Å². The van der Waals surface area contributed by atoms with E-state index in [2.05, 4.69) is 15.4 Å². The average Bonchev–Trinajstić information content (AvgIpc) is 3.34. The second-order valence-electron chi connectivity index (χ2n) is 7.07. The van der Waals surface area contributed by atoms with Crippen LogP contribution in [0.15, 0.2) is 64.7 Å². The van der Waals surface area contributed by atoms with Crippen LogP contribution in [0.4, 0.5) is 14.5 Å². The SMILES string of the molecule is O=C(CC1CSc2nc3c(cnn3-c3ccc(F)cc3)c(=O)n21)Nc1cccc(F)c1. The van der Waals surface area contributed by atoms with Gasteiger partial charge in [-0.05, 0) is 42.5 Å². The molecule has 1 N–H and O–H groups in total. The molecular formula is C21H15F2N5O2S. The number of nitrogens with one attached hydrogen (secondary N) is 1. The molecule has 1 atom stereocenters. The summed E-state index contributed by atoms with van der Waals surface area (Å²) in [6, 6.07) is 11.0. The van der Waals surface area contributed by atoms with Gasteiger partial charge in [-0.15, -0.1) is 0 Å². The van der Waals surface area contributed by atoms with E-state index in [4.69, 9.17) is 0 Å². The van der Waals surface area contributed by atoms with Crippen molar-refractivity contribution in [2.24, 2.45) is 0 Å². The number of carbonyl (C=O) groups excluding carboxylic acids is 1. The topological polar surface area (TPSA) is 81.8 Å². The number of benzene rings is 2. The van der Waals surface area contributed by atoms with Crippen molar-refractivity contribution in [3.8, 4) is 5.69 Å². The highest BCUT2D eigenvalue weighted by atomic mass is 32.2. The molecule has 0 radical (unpaired) electrons. The van der Waals surface area contributed by atoms with E-state index in [0.717, 1.165) is 0 Å². The van der Waals surface area contributed by atoms with Crippen molar-refractivity contribution in [1.29, 1.82) is 0 Å². The number of aromatic nitrogens is 4. The van der Waals surface area contributed by atoms with E-state index in [9.17, 15) is 18.4 Å². The molecule has 1 unspecified atom stereocenters. The van der Waals surface area contributed by atoms with Gasteiger partial charge in [0.15, 0.2) is 10.8 Å². The Kier molecular flexibility index (Phi) is 4.78. The van der Waals surface area contributed by atoms with Crippen LogP contribution in [0.3, 0.4) is 0 Å². The smallest absolute Gasteiger partial charge is 0.265 e. The van der Waals surface area contributed by atoms with Crippen molar-refractivity contribution in [3.63, 3.8) is 0 Å². The molecule has 0 saturated heterocycles. The first kappa shape index (κ1) is 19.4. The summed E-state index contributed by atoms with van der Waals surface area (Å²) in [6.07, 6.45) is 1.48. The molecule has 4 aromatic rings. The summed E-state index contributed by atoms with van der Waals surface area (Å²) in [5.41, 5.74) is 1.03. The highest BCUT2D eigenvalue weighted by molar-refractivity contribution is 7.99. The molecule has 5 rings (SSSR count). The molecular weight excluding hydrogens is 424 g/mol. The van der Waals surface area contributed by atoms with Gasteiger partial charge in [0.25, 0.3) is 5.56 Å². The van der Waals surface area contributed by atoms with Crippen LogP contribution in [-0.4, -0.2) is 31.0 Å². The number of hydrogen-bond acceptors (Lipinski definition) is 5. The molecule has 2 aromatic carbocycles. The summed E-state index contributed by atoms with van der Waals surface area (Å²) < 4.78 is 29.6. The monoisotopic (exact) mass is 439 g/mol. The van der Waals surface area contributed by atoms with E-state index in [1.807, 2.05) is 0 Å². The van der Waals surface area contributed by atoms with Crippen molar-refractivity contribution < 1.29 is 13.6 Å². The first-order valence-electron chi connectivity index (χ1n) is 9.44. The van der Waals surface area contributed by atoms with Gasteiger partial charge < -0.3 is 5.32 Å². The van der Waals surface area contributed by atoms with Crippen LogP contribution in [-0.2, 0) is 4.79 Å². The van der Waals surface area contributed by atoms with Gasteiger partial charge >= 0.3 is 0 Å². The van der Waals surface area contributed by atoms with Gasteiger partial charge in [-0.2, -0.15) is 5.10 Å². The minimum Gasteiger partial charge on any atom is -0.326 e. The van der Waals surface area contributed by atoms with Crippen molar-refractivity contribution in [3.05, 3.63) is 76.7 Å². The normalized spacial score (nSPS) is 15.2. The maximum absolute atomic E-state index is 13.3. The summed E-state index contributed by atoms with van der Waals surface area (Å²) in [5, 5.41) is 7.70. The van der Waals surface area contributed by atoms with Gasteiger partial charge in [-0.25, -0.2) is 18.4 Å².